The minimum atomic E-state index is -0.217. The summed E-state index contributed by atoms with van der Waals surface area (Å²) in [5, 5.41) is 12.3. The van der Waals surface area contributed by atoms with Crippen molar-refractivity contribution in [3.63, 3.8) is 0 Å². The number of nitrogens with one attached hydrogen (secondary N) is 1. The van der Waals surface area contributed by atoms with Gasteiger partial charge in [-0.05, 0) is 19.1 Å². The Kier molecular flexibility index (Phi) is 4.28. The molecule has 0 saturated carbocycles. The third kappa shape index (κ3) is 3.36. The molecule has 0 aliphatic carbocycles. The van der Waals surface area contributed by atoms with E-state index in [0.29, 0.717) is 27.6 Å². The Morgan fingerprint density at radius 1 is 1.19 bits per heavy atom. The van der Waals surface area contributed by atoms with Crippen LogP contribution >= 0.6 is 11.3 Å². The average molecular weight is 379 g/mol. The third-order valence-corrected chi connectivity index (χ3v) is 5.14. The van der Waals surface area contributed by atoms with E-state index in [9.17, 15) is 4.79 Å². The van der Waals surface area contributed by atoms with Crippen molar-refractivity contribution in [1.29, 1.82) is 0 Å². The monoisotopic (exact) mass is 379 g/mol. The molecule has 4 heterocycles. The summed E-state index contributed by atoms with van der Waals surface area (Å²) in [6, 6.07) is 5.58. The molecule has 0 bridgehead atoms. The summed E-state index contributed by atoms with van der Waals surface area (Å²) >= 11 is 1.34. The lowest BCUT2D eigenvalue weighted by atomic mass is 10.2. The second-order valence-corrected chi connectivity index (χ2v) is 7.07. The number of pyridine rings is 1. The van der Waals surface area contributed by atoms with Gasteiger partial charge in [-0.15, -0.1) is 11.3 Å². The van der Waals surface area contributed by atoms with E-state index in [1.807, 2.05) is 38.4 Å². The highest BCUT2D eigenvalue weighted by atomic mass is 32.1. The molecule has 0 radical (unpaired) electrons. The van der Waals surface area contributed by atoms with E-state index in [2.05, 4.69) is 25.5 Å². The average Bonchev–Trinajstić information content (AvgIpc) is 3.34. The fraction of sp³-hybridized carbons (Fsp3) is 0.167. The van der Waals surface area contributed by atoms with Crippen LogP contribution in [0.3, 0.4) is 0 Å². The molecule has 1 N–H and O–H groups in total. The predicted octanol–water partition coefficient (Wildman–Crippen LogP) is 2.90. The molecule has 0 atom stereocenters. The van der Waals surface area contributed by atoms with Gasteiger partial charge in [-0.2, -0.15) is 10.2 Å². The Morgan fingerprint density at radius 3 is 2.74 bits per heavy atom. The number of carbonyl (C=O) groups excluding carboxylic acids is 1. The summed E-state index contributed by atoms with van der Waals surface area (Å²) in [6.07, 6.45) is 7.07. The number of nitrogens with zero attached hydrogens (tertiary/aromatic N) is 6. The first-order valence-electron chi connectivity index (χ1n) is 8.24. The van der Waals surface area contributed by atoms with Crippen LogP contribution in [0.15, 0.2) is 43.0 Å². The molecule has 4 rings (SSSR count). The first kappa shape index (κ1) is 17.1. The molecule has 1 amide bonds. The van der Waals surface area contributed by atoms with Crippen molar-refractivity contribution < 1.29 is 4.79 Å². The van der Waals surface area contributed by atoms with Crippen LogP contribution in [0, 0.1) is 6.92 Å². The van der Waals surface area contributed by atoms with Gasteiger partial charge in [-0.3, -0.25) is 19.1 Å². The quantitative estimate of drug-likeness (QED) is 0.589. The highest BCUT2D eigenvalue weighted by Gasteiger charge is 2.20. The molecule has 9 heteroatoms. The number of hydrogen-bond acceptors (Lipinski definition) is 6. The van der Waals surface area contributed by atoms with Crippen molar-refractivity contribution >= 4 is 22.9 Å². The lowest BCUT2D eigenvalue weighted by molar-refractivity contribution is 0.103. The second kappa shape index (κ2) is 6.76. The molecule has 0 unspecified atom stereocenters. The zero-order valence-corrected chi connectivity index (χ0v) is 15.9. The molecule has 4 aromatic rings. The molecular formula is C18H17N7OS. The van der Waals surface area contributed by atoms with Crippen LogP contribution in [0.5, 0.6) is 0 Å². The van der Waals surface area contributed by atoms with Crippen LogP contribution in [0.4, 0.5) is 5.69 Å². The van der Waals surface area contributed by atoms with Crippen LogP contribution in [0.2, 0.25) is 0 Å². The van der Waals surface area contributed by atoms with Gasteiger partial charge in [0.1, 0.15) is 15.6 Å². The number of anilines is 1. The van der Waals surface area contributed by atoms with Crippen molar-refractivity contribution in [2.45, 2.75) is 6.92 Å². The van der Waals surface area contributed by atoms with Crippen molar-refractivity contribution in [2.24, 2.45) is 14.1 Å². The van der Waals surface area contributed by atoms with Crippen molar-refractivity contribution in [3.8, 4) is 22.0 Å². The summed E-state index contributed by atoms with van der Waals surface area (Å²) in [7, 11) is 3.65. The number of carbonyl (C=O) groups is 1. The lowest BCUT2D eigenvalue weighted by Gasteiger charge is -2.04. The number of hydrogen-bond donors (Lipinski definition) is 1. The van der Waals surface area contributed by atoms with Gasteiger partial charge in [-0.1, -0.05) is 6.07 Å². The highest BCUT2D eigenvalue weighted by Crippen LogP contribution is 2.30. The first-order valence-corrected chi connectivity index (χ1v) is 9.06. The molecular weight excluding hydrogens is 362 g/mol. The normalized spacial score (nSPS) is 10.9. The summed E-state index contributed by atoms with van der Waals surface area (Å²) < 4.78 is 3.36. The van der Waals surface area contributed by atoms with Gasteiger partial charge >= 0.3 is 0 Å². The molecule has 0 fully saturated rings. The van der Waals surface area contributed by atoms with Crippen LogP contribution in [0.1, 0.15) is 15.4 Å². The Balaban J connectivity index is 1.63. The SMILES string of the molecule is Cc1nc(-c2cnn(C)c2)sc1C(=O)Nc1cn(C)nc1-c1ccccn1. The Morgan fingerprint density at radius 2 is 2.04 bits per heavy atom. The van der Waals surface area contributed by atoms with Gasteiger partial charge in [-0.25, -0.2) is 4.98 Å². The molecule has 136 valence electrons. The Hall–Kier alpha value is -3.33. The summed E-state index contributed by atoms with van der Waals surface area (Å²) in [4.78, 5) is 22.3. The maximum atomic E-state index is 12.9. The zero-order chi connectivity index (χ0) is 19.0. The molecule has 0 saturated heterocycles. The van der Waals surface area contributed by atoms with E-state index < -0.39 is 0 Å². The fourth-order valence-electron chi connectivity index (χ4n) is 2.71. The molecule has 27 heavy (non-hydrogen) atoms. The van der Waals surface area contributed by atoms with E-state index in [1.54, 1.807) is 35.0 Å². The van der Waals surface area contributed by atoms with E-state index in [4.69, 9.17) is 0 Å². The van der Waals surface area contributed by atoms with Gasteiger partial charge in [0.25, 0.3) is 5.91 Å². The van der Waals surface area contributed by atoms with Crippen LogP contribution < -0.4 is 5.32 Å². The zero-order valence-electron chi connectivity index (χ0n) is 15.0. The third-order valence-electron chi connectivity index (χ3n) is 3.94. The minimum Gasteiger partial charge on any atom is -0.318 e. The van der Waals surface area contributed by atoms with E-state index in [1.165, 1.54) is 11.3 Å². The molecule has 0 aliphatic heterocycles. The molecule has 8 nitrogen and oxygen atoms in total. The van der Waals surface area contributed by atoms with Crippen LogP contribution in [-0.2, 0) is 14.1 Å². The summed E-state index contributed by atoms with van der Waals surface area (Å²) in [5.74, 6) is -0.217. The highest BCUT2D eigenvalue weighted by molar-refractivity contribution is 7.17. The number of thiazole rings is 1. The standard InChI is InChI=1S/C18H17N7OS/c1-11-16(27-18(21-11)12-8-20-24(2)9-12)17(26)22-14-10-25(3)23-15(14)13-6-4-5-7-19-13/h4-10H,1-3H3,(H,22,26). The summed E-state index contributed by atoms with van der Waals surface area (Å²) in [6.45, 7) is 1.83. The molecule has 4 aromatic heterocycles. The van der Waals surface area contributed by atoms with Gasteiger partial charge in [0.05, 0.1) is 23.3 Å². The summed E-state index contributed by atoms with van der Waals surface area (Å²) in [5.41, 5.74) is 3.50. The van der Waals surface area contributed by atoms with Gasteiger partial charge in [0, 0.05) is 38.2 Å². The smallest absolute Gasteiger partial charge is 0.267 e. The lowest BCUT2D eigenvalue weighted by Crippen LogP contribution is -2.11. The van der Waals surface area contributed by atoms with Crippen LogP contribution in [-0.4, -0.2) is 35.4 Å². The molecule has 0 spiro atoms. The number of rotatable bonds is 4. The number of aryl methyl sites for hydroxylation is 3. The Bertz CT molecular complexity index is 1110. The number of aromatic nitrogens is 6. The van der Waals surface area contributed by atoms with Crippen molar-refractivity contribution in [2.75, 3.05) is 5.32 Å². The fourth-order valence-corrected chi connectivity index (χ4v) is 3.65. The second-order valence-electron chi connectivity index (χ2n) is 6.07. The molecule has 0 aromatic carbocycles. The Labute approximate surface area is 159 Å². The van der Waals surface area contributed by atoms with Gasteiger partial charge in [0.2, 0.25) is 0 Å². The number of amides is 1. The van der Waals surface area contributed by atoms with Gasteiger partial charge in [0.15, 0.2) is 0 Å². The predicted molar refractivity (Wildman–Crippen MR) is 103 cm³/mol. The maximum Gasteiger partial charge on any atom is 0.267 e. The van der Waals surface area contributed by atoms with Crippen molar-refractivity contribution in [3.05, 3.63) is 53.6 Å². The van der Waals surface area contributed by atoms with Crippen LogP contribution in [0.25, 0.3) is 22.0 Å². The largest absolute Gasteiger partial charge is 0.318 e. The maximum absolute atomic E-state index is 12.9. The van der Waals surface area contributed by atoms with E-state index >= 15 is 0 Å². The van der Waals surface area contributed by atoms with Gasteiger partial charge < -0.3 is 5.32 Å². The first-order chi connectivity index (χ1) is 13.0. The topological polar surface area (TPSA) is 90.5 Å². The van der Waals surface area contributed by atoms with E-state index in [-0.39, 0.29) is 5.91 Å². The van der Waals surface area contributed by atoms with E-state index in [0.717, 1.165) is 10.6 Å². The minimum absolute atomic E-state index is 0.217. The van der Waals surface area contributed by atoms with Crippen molar-refractivity contribution in [1.82, 2.24) is 29.5 Å². The molecule has 0 aliphatic rings.